The van der Waals surface area contributed by atoms with Crippen LogP contribution in [0, 0.1) is 0 Å². The second-order valence-electron chi connectivity index (χ2n) is 4.30. The highest BCUT2D eigenvalue weighted by molar-refractivity contribution is 7.99. The smallest absolute Gasteiger partial charge is 0.316 e. The van der Waals surface area contributed by atoms with Crippen molar-refractivity contribution in [3.63, 3.8) is 0 Å². The molecule has 0 spiro atoms. The topological polar surface area (TPSA) is 67.9 Å². The number of thioether (sulfide) groups is 1. The third kappa shape index (κ3) is 4.25. The summed E-state index contributed by atoms with van der Waals surface area (Å²) in [5, 5.41) is 8.06. The monoisotopic (exact) mass is 311 g/mol. The highest BCUT2D eigenvalue weighted by Crippen LogP contribution is 2.21. The second-order valence-corrected chi connectivity index (χ2v) is 5.68. The van der Waals surface area contributed by atoms with Gasteiger partial charge in [0.05, 0.1) is 11.9 Å². The third-order valence-electron chi connectivity index (χ3n) is 2.27. The van der Waals surface area contributed by atoms with E-state index in [1.54, 1.807) is 12.1 Å². The number of aromatic amines is 1. The molecule has 0 bridgehead atoms. The van der Waals surface area contributed by atoms with Gasteiger partial charge >= 0.3 is 5.97 Å². The molecule has 1 aromatic heterocycles. The van der Waals surface area contributed by atoms with Gasteiger partial charge in [0.15, 0.2) is 5.82 Å². The summed E-state index contributed by atoms with van der Waals surface area (Å²) in [6.07, 6.45) is -0.111. The second kappa shape index (κ2) is 6.76. The van der Waals surface area contributed by atoms with Crippen molar-refractivity contribution in [3.05, 3.63) is 29.3 Å². The predicted octanol–water partition coefficient (Wildman–Crippen LogP) is 3.17. The summed E-state index contributed by atoms with van der Waals surface area (Å²) in [5.41, 5.74) is 0.888. The van der Waals surface area contributed by atoms with Crippen LogP contribution in [0.5, 0.6) is 0 Å². The first-order valence-electron chi connectivity index (χ1n) is 6.05. The van der Waals surface area contributed by atoms with E-state index in [4.69, 9.17) is 16.3 Å². The summed E-state index contributed by atoms with van der Waals surface area (Å²) in [6, 6.07) is 7.27. The molecule has 0 amide bonds. The van der Waals surface area contributed by atoms with Crippen molar-refractivity contribution in [1.82, 2.24) is 15.2 Å². The fraction of sp³-hybridized carbons (Fsp3) is 0.308. The molecular formula is C13H14ClN3O2S. The molecule has 0 fully saturated rings. The number of H-pyrrole nitrogens is 1. The van der Waals surface area contributed by atoms with Crippen molar-refractivity contribution in [2.24, 2.45) is 0 Å². The largest absolute Gasteiger partial charge is 0.462 e. The van der Waals surface area contributed by atoms with E-state index in [9.17, 15) is 4.79 Å². The Bertz CT molecular complexity index is 584. The Morgan fingerprint density at radius 2 is 2.10 bits per heavy atom. The molecule has 1 N–H and O–H groups in total. The van der Waals surface area contributed by atoms with Crippen LogP contribution >= 0.6 is 23.4 Å². The van der Waals surface area contributed by atoms with Gasteiger partial charge in [-0.2, -0.15) is 0 Å². The van der Waals surface area contributed by atoms with Crippen LogP contribution in [0.15, 0.2) is 29.4 Å². The summed E-state index contributed by atoms with van der Waals surface area (Å²) in [4.78, 5) is 15.7. The summed E-state index contributed by atoms with van der Waals surface area (Å²) in [6.45, 7) is 3.63. The minimum atomic E-state index is -0.275. The average Bonchev–Trinajstić information content (AvgIpc) is 2.85. The first-order valence-corrected chi connectivity index (χ1v) is 7.41. The zero-order valence-corrected chi connectivity index (χ0v) is 12.7. The molecule has 0 aliphatic carbocycles. The zero-order chi connectivity index (χ0) is 14.5. The molecule has 0 radical (unpaired) electrons. The van der Waals surface area contributed by atoms with E-state index in [1.807, 2.05) is 26.0 Å². The van der Waals surface area contributed by atoms with E-state index in [0.29, 0.717) is 16.0 Å². The quantitative estimate of drug-likeness (QED) is 0.678. The van der Waals surface area contributed by atoms with Crippen molar-refractivity contribution in [1.29, 1.82) is 0 Å². The predicted molar refractivity (Wildman–Crippen MR) is 78.8 cm³/mol. The van der Waals surface area contributed by atoms with Crippen LogP contribution in [-0.2, 0) is 9.53 Å². The molecule has 0 saturated carbocycles. The number of rotatable bonds is 5. The Hall–Kier alpha value is -1.53. The van der Waals surface area contributed by atoms with Crippen molar-refractivity contribution < 1.29 is 9.53 Å². The van der Waals surface area contributed by atoms with Crippen LogP contribution in [0.1, 0.15) is 13.8 Å². The number of nitrogens with one attached hydrogen (secondary N) is 1. The van der Waals surface area contributed by atoms with E-state index < -0.39 is 0 Å². The average molecular weight is 312 g/mol. The molecule has 1 aromatic carbocycles. The minimum absolute atomic E-state index is 0.111. The lowest BCUT2D eigenvalue weighted by Gasteiger charge is -2.05. The highest BCUT2D eigenvalue weighted by Gasteiger charge is 2.10. The van der Waals surface area contributed by atoms with E-state index in [2.05, 4.69) is 15.2 Å². The van der Waals surface area contributed by atoms with Gasteiger partial charge in [-0.3, -0.25) is 9.89 Å². The first-order chi connectivity index (χ1) is 9.54. The lowest BCUT2D eigenvalue weighted by molar-refractivity contribution is -0.144. The fourth-order valence-corrected chi connectivity index (χ4v) is 2.18. The summed E-state index contributed by atoms with van der Waals surface area (Å²) < 4.78 is 5.04. The number of esters is 1. The van der Waals surface area contributed by atoms with Gasteiger partial charge in [0.25, 0.3) is 0 Å². The molecule has 106 valence electrons. The Labute approximate surface area is 126 Å². The van der Waals surface area contributed by atoms with Gasteiger partial charge in [0, 0.05) is 10.6 Å². The molecule has 5 nitrogen and oxygen atoms in total. The number of carbonyl (C=O) groups excluding carboxylic acids is 1. The van der Waals surface area contributed by atoms with Gasteiger partial charge in [-0.25, -0.2) is 4.98 Å². The molecule has 0 atom stereocenters. The van der Waals surface area contributed by atoms with Gasteiger partial charge in [0.2, 0.25) is 5.16 Å². The standard InChI is InChI=1S/C13H14ClN3O2S/c1-8(2)19-11(18)7-20-13-15-12(16-17-13)9-3-5-10(14)6-4-9/h3-6,8H,7H2,1-2H3,(H,15,16,17). The molecule has 20 heavy (non-hydrogen) atoms. The Morgan fingerprint density at radius 1 is 1.40 bits per heavy atom. The lowest BCUT2D eigenvalue weighted by Crippen LogP contribution is -2.13. The van der Waals surface area contributed by atoms with Crippen LogP contribution in [-0.4, -0.2) is 33.0 Å². The maximum Gasteiger partial charge on any atom is 0.316 e. The molecule has 1 heterocycles. The molecule has 2 aromatic rings. The Morgan fingerprint density at radius 3 is 2.75 bits per heavy atom. The van der Waals surface area contributed by atoms with Gasteiger partial charge in [-0.05, 0) is 38.1 Å². The number of benzene rings is 1. The molecule has 0 unspecified atom stereocenters. The number of ether oxygens (including phenoxy) is 1. The molecular weight excluding hydrogens is 298 g/mol. The van der Waals surface area contributed by atoms with Crippen LogP contribution in [0.2, 0.25) is 5.02 Å². The number of halogens is 1. The van der Waals surface area contributed by atoms with E-state index >= 15 is 0 Å². The summed E-state index contributed by atoms with van der Waals surface area (Å²) in [5.74, 6) is 0.556. The molecule has 7 heteroatoms. The number of nitrogens with zero attached hydrogens (tertiary/aromatic N) is 2. The van der Waals surface area contributed by atoms with Gasteiger partial charge in [-0.15, -0.1) is 5.10 Å². The molecule has 0 saturated heterocycles. The van der Waals surface area contributed by atoms with Crippen LogP contribution in [0.3, 0.4) is 0 Å². The van der Waals surface area contributed by atoms with Crippen molar-refractivity contribution in [2.45, 2.75) is 25.1 Å². The SMILES string of the molecule is CC(C)OC(=O)CSc1n[nH]c(-c2ccc(Cl)cc2)n1. The highest BCUT2D eigenvalue weighted by atomic mass is 35.5. The maximum atomic E-state index is 11.4. The van der Waals surface area contributed by atoms with Gasteiger partial charge in [-0.1, -0.05) is 23.4 Å². The molecule has 0 aliphatic rings. The number of hydrogen-bond donors (Lipinski definition) is 1. The number of aromatic nitrogens is 3. The normalized spacial score (nSPS) is 10.8. The first kappa shape index (κ1) is 14.9. The maximum absolute atomic E-state index is 11.4. The van der Waals surface area contributed by atoms with Crippen molar-refractivity contribution >= 4 is 29.3 Å². The Kier molecular flexibility index (Phi) is 5.03. The molecule has 2 rings (SSSR count). The number of hydrogen-bond acceptors (Lipinski definition) is 5. The minimum Gasteiger partial charge on any atom is -0.462 e. The summed E-state index contributed by atoms with van der Waals surface area (Å²) >= 11 is 7.06. The van der Waals surface area contributed by atoms with E-state index in [0.717, 1.165) is 5.56 Å². The van der Waals surface area contributed by atoms with E-state index in [-0.39, 0.29) is 17.8 Å². The lowest BCUT2D eigenvalue weighted by atomic mass is 10.2. The van der Waals surface area contributed by atoms with Crippen molar-refractivity contribution in [2.75, 3.05) is 5.75 Å². The van der Waals surface area contributed by atoms with Crippen molar-refractivity contribution in [3.8, 4) is 11.4 Å². The van der Waals surface area contributed by atoms with Crippen LogP contribution < -0.4 is 0 Å². The van der Waals surface area contributed by atoms with Gasteiger partial charge in [0.1, 0.15) is 0 Å². The van der Waals surface area contributed by atoms with Crippen LogP contribution in [0.25, 0.3) is 11.4 Å². The number of carbonyl (C=O) groups is 1. The third-order valence-corrected chi connectivity index (χ3v) is 3.34. The fourth-order valence-electron chi connectivity index (χ4n) is 1.47. The Balaban J connectivity index is 1.95. The van der Waals surface area contributed by atoms with E-state index in [1.165, 1.54) is 11.8 Å². The van der Waals surface area contributed by atoms with Gasteiger partial charge < -0.3 is 4.74 Å². The zero-order valence-electron chi connectivity index (χ0n) is 11.1. The molecule has 0 aliphatic heterocycles. The van der Waals surface area contributed by atoms with Crippen LogP contribution in [0.4, 0.5) is 0 Å². The summed E-state index contributed by atoms with van der Waals surface area (Å²) in [7, 11) is 0.